The number of nitrogens with zero attached hydrogens (tertiary/aromatic N) is 4. The number of hydrogen-bond acceptors (Lipinski definition) is 3. The molecule has 150 valence electrons. The van der Waals surface area contributed by atoms with Crippen LogP contribution in [0.3, 0.4) is 0 Å². The van der Waals surface area contributed by atoms with E-state index in [1.807, 2.05) is 30.3 Å². The van der Waals surface area contributed by atoms with Gasteiger partial charge in [-0.2, -0.15) is 0 Å². The summed E-state index contributed by atoms with van der Waals surface area (Å²) in [5, 5.41) is 0.958. The van der Waals surface area contributed by atoms with Gasteiger partial charge in [-0.3, -0.25) is 9.36 Å². The zero-order valence-electron chi connectivity index (χ0n) is 17.4. The normalized spacial score (nSPS) is 11.5. The molecular weight excluding hydrogens is 356 g/mol. The molecule has 0 aliphatic rings. The summed E-state index contributed by atoms with van der Waals surface area (Å²) >= 11 is 0. The number of methoxy groups -OCH3 is 1. The van der Waals surface area contributed by atoms with E-state index in [1.54, 1.807) is 37.7 Å². The third-order valence-corrected chi connectivity index (χ3v) is 4.95. The van der Waals surface area contributed by atoms with Gasteiger partial charge in [-0.05, 0) is 26.0 Å². The number of fused-ring (bicyclic) bond motifs is 3. The van der Waals surface area contributed by atoms with Gasteiger partial charge in [-0.1, -0.05) is 18.2 Å². The van der Waals surface area contributed by atoms with E-state index in [-0.39, 0.29) is 18.0 Å². The average Bonchev–Trinajstić information content (AvgIpc) is 3.19. The maximum absolute atomic E-state index is 13.2. The minimum Gasteiger partial charge on any atom is -0.383 e. The van der Waals surface area contributed by atoms with Crippen molar-refractivity contribution >= 4 is 33.9 Å². The lowest BCUT2D eigenvalue weighted by atomic mass is 10.2. The van der Waals surface area contributed by atoms with E-state index in [4.69, 9.17) is 4.74 Å². The van der Waals surface area contributed by atoms with Crippen molar-refractivity contribution in [3.63, 3.8) is 0 Å². The van der Waals surface area contributed by atoms with Crippen LogP contribution in [0, 0.1) is 0 Å². The van der Waals surface area contributed by atoms with Gasteiger partial charge in [0.25, 0.3) is 5.91 Å². The first-order valence-electron chi connectivity index (χ1n) is 9.40. The summed E-state index contributed by atoms with van der Waals surface area (Å²) < 4.78 is 8.81. The molecule has 0 bridgehead atoms. The number of aromatic nitrogens is 2. The molecule has 2 aromatic heterocycles. The van der Waals surface area contributed by atoms with Crippen LogP contribution in [0.15, 0.2) is 30.3 Å². The van der Waals surface area contributed by atoms with Gasteiger partial charge in [-0.25, -0.2) is 4.79 Å². The fourth-order valence-corrected chi connectivity index (χ4v) is 3.59. The topological polar surface area (TPSA) is 59.7 Å². The summed E-state index contributed by atoms with van der Waals surface area (Å²) in [7, 11) is 6.71. The van der Waals surface area contributed by atoms with Crippen molar-refractivity contribution in [2.45, 2.75) is 19.9 Å². The predicted molar refractivity (Wildman–Crippen MR) is 111 cm³/mol. The van der Waals surface area contributed by atoms with Crippen molar-refractivity contribution < 1.29 is 14.3 Å². The number of benzene rings is 1. The molecular formula is C21H28N4O3. The standard InChI is InChI=1S/C21H28N4O3/c1-14(2)24-16-10-8-7-9-15(16)19-17(24)13-18(25(19)21(27)22(3)4)20(26)23(5)11-12-28-6/h7-10,13-14H,11-12H2,1-6H3. The summed E-state index contributed by atoms with van der Waals surface area (Å²) in [4.78, 5) is 29.3. The SMILES string of the molecule is COCCN(C)C(=O)c1cc2c(c3ccccc3n2C(C)C)n1C(=O)N(C)C. The summed E-state index contributed by atoms with van der Waals surface area (Å²) in [6.07, 6.45) is 0. The molecule has 2 amide bonds. The highest BCUT2D eigenvalue weighted by molar-refractivity contribution is 6.14. The molecule has 0 fully saturated rings. The van der Waals surface area contributed by atoms with Crippen molar-refractivity contribution in [2.75, 3.05) is 41.4 Å². The zero-order valence-corrected chi connectivity index (χ0v) is 17.4. The molecule has 0 saturated heterocycles. The second-order valence-corrected chi connectivity index (χ2v) is 7.48. The van der Waals surface area contributed by atoms with Crippen LogP contribution < -0.4 is 0 Å². The lowest BCUT2D eigenvalue weighted by molar-refractivity contribution is 0.0735. The number of para-hydroxylation sites is 1. The van der Waals surface area contributed by atoms with E-state index in [0.717, 1.165) is 21.9 Å². The Morgan fingerprint density at radius 2 is 1.79 bits per heavy atom. The highest BCUT2D eigenvalue weighted by Crippen LogP contribution is 2.34. The van der Waals surface area contributed by atoms with E-state index in [2.05, 4.69) is 18.4 Å². The molecule has 7 nitrogen and oxygen atoms in total. The van der Waals surface area contributed by atoms with Crippen molar-refractivity contribution in [2.24, 2.45) is 0 Å². The Balaban J connectivity index is 2.33. The lowest BCUT2D eigenvalue weighted by Crippen LogP contribution is -2.35. The van der Waals surface area contributed by atoms with Crippen molar-refractivity contribution in [3.05, 3.63) is 36.0 Å². The Labute approximate surface area is 165 Å². The largest absolute Gasteiger partial charge is 0.383 e. The molecule has 3 aromatic rings. The number of amides is 2. The second kappa shape index (κ2) is 7.67. The van der Waals surface area contributed by atoms with Gasteiger partial charge in [0.2, 0.25) is 0 Å². The van der Waals surface area contributed by atoms with Crippen molar-refractivity contribution in [1.29, 1.82) is 0 Å². The maximum Gasteiger partial charge on any atom is 0.328 e. The van der Waals surface area contributed by atoms with Gasteiger partial charge in [0.1, 0.15) is 5.69 Å². The molecule has 28 heavy (non-hydrogen) atoms. The van der Waals surface area contributed by atoms with E-state index in [1.165, 1.54) is 4.90 Å². The lowest BCUT2D eigenvalue weighted by Gasteiger charge is -2.19. The van der Waals surface area contributed by atoms with Crippen LogP contribution in [0.2, 0.25) is 0 Å². The minimum atomic E-state index is -0.245. The number of likely N-dealkylation sites (N-methyl/N-ethyl adjacent to an activating group) is 1. The number of rotatable bonds is 5. The molecule has 1 aromatic carbocycles. The van der Waals surface area contributed by atoms with Crippen LogP contribution >= 0.6 is 0 Å². The zero-order chi connectivity index (χ0) is 20.6. The van der Waals surface area contributed by atoms with Crippen molar-refractivity contribution in [3.8, 4) is 0 Å². The average molecular weight is 384 g/mol. The molecule has 0 saturated carbocycles. The van der Waals surface area contributed by atoms with Crippen LogP contribution in [-0.4, -0.2) is 72.3 Å². The molecule has 2 heterocycles. The van der Waals surface area contributed by atoms with Gasteiger partial charge >= 0.3 is 6.03 Å². The van der Waals surface area contributed by atoms with Gasteiger partial charge in [0, 0.05) is 46.2 Å². The van der Waals surface area contributed by atoms with Crippen LogP contribution in [0.1, 0.15) is 30.4 Å². The Morgan fingerprint density at radius 1 is 1.11 bits per heavy atom. The minimum absolute atomic E-state index is 0.182. The third-order valence-electron chi connectivity index (χ3n) is 4.95. The number of carbonyl (C=O) groups is 2. The second-order valence-electron chi connectivity index (χ2n) is 7.48. The highest BCUT2D eigenvalue weighted by atomic mass is 16.5. The van der Waals surface area contributed by atoms with Gasteiger partial charge in [0.15, 0.2) is 0 Å². The van der Waals surface area contributed by atoms with Crippen LogP contribution in [0.4, 0.5) is 4.79 Å². The monoisotopic (exact) mass is 384 g/mol. The van der Waals surface area contributed by atoms with Gasteiger partial charge < -0.3 is 19.1 Å². The number of hydrogen-bond donors (Lipinski definition) is 0. The molecule has 0 aliphatic carbocycles. The number of ether oxygens (including phenoxy) is 1. The first-order chi connectivity index (χ1) is 13.3. The summed E-state index contributed by atoms with van der Waals surface area (Å²) in [6, 6.07) is 9.76. The fraction of sp³-hybridized carbons (Fsp3) is 0.429. The molecule has 0 atom stereocenters. The highest BCUT2D eigenvalue weighted by Gasteiger charge is 2.28. The van der Waals surface area contributed by atoms with E-state index in [0.29, 0.717) is 18.8 Å². The summed E-state index contributed by atoms with van der Waals surface area (Å²) in [6.45, 7) is 5.09. The van der Waals surface area contributed by atoms with Crippen LogP contribution in [0.25, 0.3) is 21.9 Å². The first kappa shape index (κ1) is 19.9. The summed E-state index contributed by atoms with van der Waals surface area (Å²) in [5.41, 5.74) is 3.07. The fourth-order valence-electron chi connectivity index (χ4n) is 3.59. The summed E-state index contributed by atoms with van der Waals surface area (Å²) in [5.74, 6) is -0.206. The quantitative estimate of drug-likeness (QED) is 0.677. The Morgan fingerprint density at radius 3 is 2.39 bits per heavy atom. The van der Waals surface area contributed by atoms with Gasteiger partial charge in [0.05, 0.1) is 23.2 Å². The maximum atomic E-state index is 13.2. The Hall–Kier alpha value is -2.80. The van der Waals surface area contributed by atoms with Gasteiger partial charge in [-0.15, -0.1) is 0 Å². The van der Waals surface area contributed by atoms with E-state index >= 15 is 0 Å². The molecule has 7 heteroatoms. The molecule has 3 rings (SSSR count). The molecule has 0 unspecified atom stereocenters. The van der Waals surface area contributed by atoms with E-state index in [9.17, 15) is 9.59 Å². The Bertz CT molecular complexity index is 1030. The number of carbonyl (C=O) groups excluding carboxylic acids is 2. The Kier molecular flexibility index (Phi) is 5.47. The predicted octanol–water partition coefficient (Wildman–Crippen LogP) is 3.43. The molecule has 0 spiro atoms. The smallest absolute Gasteiger partial charge is 0.328 e. The molecule has 0 aliphatic heterocycles. The molecule has 0 N–H and O–H groups in total. The van der Waals surface area contributed by atoms with E-state index < -0.39 is 0 Å². The third kappa shape index (κ3) is 3.16. The first-order valence-corrected chi connectivity index (χ1v) is 9.40. The van der Waals surface area contributed by atoms with Crippen LogP contribution in [-0.2, 0) is 4.74 Å². The molecule has 0 radical (unpaired) electrons. The van der Waals surface area contributed by atoms with Crippen LogP contribution in [0.5, 0.6) is 0 Å². The van der Waals surface area contributed by atoms with Crippen molar-refractivity contribution in [1.82, 2.24) is 18.9 Å².